The number of piperidine rings is 1. The Morgan fingerprint density at radius 3 is 3.06 bits per heavy atom. The van der Waals surface area contributed by atoms with Crippen molar-refractivity contribution in [3.8, 4) is 5.75 Å². The van der Waals surface area contributed by atoms with E-state index < -0.39 is 11.7 Å². The predicted molar refractivity (Wildman–Crippen MR) is 67.3 cm³/mol. The molecule has 0 aromatic carbocycles. The van der Waals surface area contributed by atoms with E-state index in [4.69, 9.17) is 4.74 Å². The van der Waals surface area contributed by atoms with Gasteiger partial charge in [-0.05, 0) is 19.4 Å². The second-order valence-electron chi connectivity index (χ2n) is 5.05. The quantitative estimate of drug-likeness (QED) is 0.815. The van der Waals surface area contributed by atoms with Gasteiger partial charge in [0.2, 0.25) is 0 Å². The lowest BCUT2D eigenvalue weighted by molar-refractivity contribution is -0.108. The van der Waals surface area contributed by atoms with Crippen molar-refractivity contribution in [3.63, 3.8) is 0 Å². The molecule has 1 fully saturated rings. The third-order valence-corrected chi connectivity index (χ3v) is 3.49. The molecule has 5 heteroatoms. The van der Waals surface area contributed by atoms with E-state index in [1.807, 2.05) is 6.07 Å². The molecule has 100 valence electrons. The Morgan fingerprint density at radius 2 is 2.39 bits per heavy atom. The Kier molecular flexibility index (Phi) is 3.85. The number of β-amino-alcohol motifs (C(OH)–C–C–N with tert-alkyl or cyclic N) is 1. The maximum Gasteiger partial charge on any atom is 0.122 e. The molecule has 18 heavy (non-hydrogen) atoms. The van der Waals surface area contributed by atoms with Crippen LogP contribution in [0.2, 0.25) is 0 Å². The van der Waals surface area contributed by atoms with Crippen molar-refractivity contribution in [2.24, 2.45) is 0 Å². The molecule has 0 aliphatic carbocycles. The third-order valence-electron chi connectivity index (χ3n) is 3.49. The van der Waals surface area contributed by atoms with Crippen molar-refractivity contribution in [1.29, 1.82) is 0 Å². The lowest BCUT2D eigenvalue weighted by Gasteiger charge is -2.39. The van der Waals surface area contributed by atoms with E-state index in [2.05, 4.69) is 9.88 Å². The van der Waals surface area contributed by atoms with Crippen LogP contribution in [0, 0.1) is 0 Å². The minimum absolute atomic E-state index is 0.464. The molecule has 1 aromatic rings. The lowest BCUT2D eigenvalue weighted by atomic mass is 9.91. The molecule has 1 aliphatic heterocycles. The summed E-state index contributed by atoms with van der Waals surface area (Å²) in [6.45, 7) is 3.55. The fourth-order valence-electron chi connectivity index (χ4n) is 2.13. The lowest BCUT2D eigenvalue weighted by Crippen LogP contribution is -2.53. The summed E-state index contributed by atoms with van der Waals surface area (Å²) in [7, 11) is 1.63. The van der Waals surface area contributed by atoms with Crippen LogP contribution in [-0.4, -0.2) is 52.0 Å². The number of hydrogen-bond acceptors (Lipinski definition) is 5. The highest BCUT2D eigenvalue weighted by Gasteiger charge is 2.36. The first-order valence-corrected chi connectivity index (χ1v) is 6.13. The van der Waals surface area contributed by atoms with E-state index in [0.717, 1.165) is 18.0 Å². The number of ether oxygens (including phenoxy) is 1. The zero-order valence-electron chi connectivity index (χ0n) is 10.8. The van der Waals surface area contributed by atoms with Gasteiger partial charge in [-0.3, -0.25) is 9.88 Å². The summed E-state index contributed by atoms with van der Waals surface area (Å²) in [5, 5.41) is 19.7. The van der Waals surface area contributed by atoms with Crippen molar-refractivity contribution in [1.82, 2.24) is 9.88 Å². The fraction of sp³-hybridized carbons (Fsp3) is 0.615. The first kappa shape index (κ1) is 13.3. The van der Waals surface area contributed by atoms with Crippen molar-refractivity contribution in [2.75, 3.05) is 20.2 Å². The van der Waals surface area contributed by atoms with Gasteiger partial charge in [-0.15, -0.1) is 0 Å². The van der Waals surface area contributed by atoms with Crippen LogP contribution in [-0.2, 0) is 6.54 Å². The van der Waals surface area contributed by atoms with Gasteiger partial charge in [-0.25, -0.2) is 0 Å². The molecule has 0 unspecified atom stereocenters. The minimum atomic E-state index is -0.974. The molecule has 1 saturated heterocycles. The van der Waals surface area contributed by atoms with E-state index in [9.17, 15) is 10.2 Å². The van der Waals surface area contributed by atoms with E-state index in [1.54, 1.807) is 26.3 Å². The molecular formula is C13H20N2O3. The van der Waals surface area contributed by atoms with Crippen LogP contribution in [0.1, 0.15) is 19.0 Å². The summed E-state index contributed by atoms with van der Waals surface area (Å²) in [5.74, 6) is 0.782. The summed E-state index contributed by atoms with van der Waals surface area (Å²) >= 11 is 0. The van der Waals surface area contributed by atoms with E-state index in [-0.39, 0.29) is 0 Å². The van der Waals surface area contributed by atoms with Gasteiger partial charge in [0, 0.05) is 31.9 Å². The smallest absolute Gasteiger partial charge is 0.122 e. The first-order chi connectivity index (χ1) is 8.51. The topological polar surface area (TPSA) is 65.8 Å². The highest BCUT2D eigenvalue weighted by Crippen LogP contribution is 2.23. The van der Waals surface area contributed by atoms with Crippen LogP contribution in [0.15, 0.2) is 18.3 Å². The fourth-order valence-corrected chi connectivity index (χ4v) is 2.13. The first-order valence-electron chi connectivity index (χ1n) is 6.13. The van der Waals surface area contributed by atoms with Crippen LogP contribution in [0.4, 0.5) is 0 Å². The number of rotatable bonds is 3. The SMILES string of the molecule is COc1ccnc(CN2CC[C@](C)(O)[C@H](O)C2)c1. The van der Waals surface area contributed by atoms with Crippen molar-refractivity contribution >= 4 is 0 Å². The van der Waals surface area contributed by atoms with Gasteiger partial charge in [-0.1, -0.05) is 0 Å². The molecule has 2 N–H and O–H groups in total. The van der Waals surface area contributed by atoms with Gasteiger partial charge < -0.3 is 14.9 Å². The highest BCUT2D eigenvalue weighted by molar-refractivity contribution is 5.22. The van der Waals surface area contributed by atoms with Crippen LogP contribution in [0.25, 0.3) is 0 Å². The van der Waals surface area contributed by atoms with Crippen LogP contribution in [0.5, 0.6) is 5.75 Å². The van der Waals surface area contributed by atoms with Crippen LogP contribution in [0.3, 0.4) is 0 Å². The summed E-state index contributed by atoms with van der Waals surface area (Å²) in [6, 6.07) is 3.69. The van der Waals surface area contributed by atoms with Crippen molar-refractivity contribution in [3.05, 3.63) is 24.0 Å². The van der Waals surface area contributed by atoms with E-state index >= 15 is 0 Å². The number of hydrogen-bond donors (Lipinski definition) is 2. The number of aliphatic hydroxyl groups excluding tert-OH is 1. The second kappa shape index (κ2) is 5.22. The molecule has 1 aliphatic rings. The second-order valence-corrected chi connectivity index (χ2v) is 5.05. The number of methoxy groups -OCH3 is 1. The van der Waals surface area contributed by atoms with Crippen molar-refractivity contribution < 1.29 is 14.9 Å². The van der Waals surface area contributed by atoms with E-state index in [1.165, 1.54) is 0 Å². The zero-order valence-corrected chi connectivity index (χ0v) is 10.8. The van der Waals surface area contributed by atoms with Gasteiger partial charge in [0.05, 0.1) is 24.5 Å². The van der Waals surface area contributed by atoms with Crippen LogP contribution >= 0.6 is 0 Å². The summed E-state index contributed by atoms with van der Waals surface area (Å²) < 4.78 is 5.15. The Morgan fingerprint density at radius 1 is 1.61 bits per heavy atom. The molecule has 0 radical (unpaired) electrons. The van der Waals surface area contributed by atoms with Gasteiger partial charge in [0.25, 0.3) is 0 Å². The molecule has 0 amide bonds. The maximum atomic E-state index is 9.90. The summed E-state index contributed by atoms with van der Waals surface area (Å²) in [5.41, 5.74) is -0.0683. The molecular weight excluding hydrogens is 232 g/mol. The van der Waals surface area contributed by atoms with Crippen LogP contribution < -0.4 is 4.74 Å². The van der Waals surface area contributed by atoms with Gasteiger partial charge in [0.1, 0.15) is 5.75 Å². The van der Waals surface area contributed by atoms with Gasteiger partial charge in [0.15, 0.2) is 0 Å². The van der Waals surface area contributed by atoms with Crippen molar-refractivity contribution in [2.45, 2.75) is 31.6 Å². The molecule has 2 atom stereocenters. The Labute approximate surface area is 107 Å². The normalized spacial score (nSPS) is 29.2. The number of nitrogens with zero attached hydrogens (tertiary/aromatic N) is 2. The molecule has 0 bridgehead atoms. The summed E-state index contributed by atoms with van der Waals surface area (Å²) in [6.07, 6.45) is 1.57. The number of aliphatic hydroxyl groups is 2. The Bertz CT molecular complexity index is 409. The number of pyridine rings is 1. The molecule has 0 spiro atoms. The third kappa shape index (κ3) is 2.98. The molecule has 2 heterocycles. The monoisotopic (exact) mass is 252 g/mol. The van der Waals surface area contributed by atoms with Gasteiger partial charge >= 0.3 is 0 Å². The zero-order chi connectivity index (χ0) is 13.2. The Balaban J connectivity index is 1.98. The highest BCUT2D eigenvalue weighted by atomic mass is 16.5. The summed E-state index contributed by atoms with van der Waals surface area (Å²) in [4.78, 5) is 6.36. The average Bonchev–Trinajstić information content (AvgIpc) is 2.35. The standard InChI is InChI=1S/C13H20N2O3/c1-13(17)4-6-15(9-12(13)16)8-10-7-11(18-2)3-5-14-10/h3,5,7,12,16-17H,4,6,8-9H2,1-2H3/t12-,13+/m1/s1. The average molecular weight is 252 g/mol. The number of likely N-dealkylation sites (tertiary alicyclic amines) is 1. The molecule has 0 saturated carbocycles. The van der Waals surface area contributed by atoms with E-state index in [0.29, 0.717) is 19.5 Å². The Hall–Kier alpha value is -1.17. The molecule has 1 aromatic heterocycles. The number of aromatic nitrogens is 1. The molecule has 5 nitrogen and oxygen atoms in total. The minimum Gasteiger partial charge on any atom is -0.497 e. The predicted octanol–water partition coefficient (Wildman–Crippen LogP) is 0.408. The molecule has 2 rings (SSSR count). The maximum absolute atomic E-state index is 9.90. The largest absolute Gasteiger partial charge is 0.497 e. The van der Waals surface area contributed by atoms with Gasteiger partial charge in [-0.2, -0.15) is 0 Å².